The van der Waals surface area contributed by atoms with E-state index in [1.165, 1.54) is 11.1 Å². The van der Waals surface area contributed by atoms with E-state index in [9.17, 15) is 0 Å². The zero-order valence-electron chi connectivity index (χ0n) is 13.0. The predicted octanol–water partition coefficient (Wildman–Crippen LogP) is 3.23. The second kappa shape index (κ2) is 5.75. The molecule has 0 aliphatic carbocycles. The number of rotatable bonds is 4. The minimum Gasteiger partial charge on any atom is -0.295 e. The Morgan fingerprint density at radius 1 is 1.25 bits per heavy atom. The van der Waals surface area contributed by atoms with Gasteiger partial charge in [-0.1, -0.05) is 0 Å². The van der Waals surface area contributed by atoms with Crippen molar-refractivity contribution < 1.29 is 0 Å². The maximum absolute atomic E-state index is 4.45. The smallest absolute Gasteiger partial charge is 0.0543 e. The van der Waals surface area contributed by atoms with Crippen molar-refractivity contribution in [3.8, 4) is 0 Å². The maximum Gasteiger partial charge on any atom is 0.0543 e. The van der Waals surface area contributed by atoms with Gasteiger partial charge in [-0.15, -0.1) is 0 Å². The SMILES string of the molecule is CC(c1ccncc1)N(C)Cc1cnn(C(C)(C)C)c1. The molecule has 0 aromatic carbocycles. The summed E-state index contributed by atoms with van der Waals surface area (Å²) in [7, 11) is 2.14. The van der Waals surface area contributed by atoms with E-state index in [1.807, 2.05) is 23.3 Å². The highest BCUT2D eigenvalue weighted by molar-refractivity contribution is 5.15. The molecule has 0 amide bonds. The van der Waals surface area contributed by atoms with Crippen LogP contribution in [0.1, 0.15) is 44.9 Å². The second-order valence-electron chi connectivity index (χ2n) is 6.34. The van der Waals surface area contributed by atoms with Gasteiger partial charge in [0, 0.05) is 36.7 Å². The average Bonchev–Trinajstić information content (AvgIpc) is 2.87. The summed E-state index contributed by atoms with van der Waals surface area (Å²) in [4.78, 5) is 6.39. The molecular weight excluding hydrogens is 248 g/mol. The molecule has 1 unspecified atom stereocenters. The van der Waals surface area contributed by atoms with E-state index in [-0.39, 0.29) is 5.54 Å². The van der Waals surface area contributed by atoms with Gasteiger partial charge < -0.3 is 0 Å². The quantitative estimate of drug-likeness (QED) is 0.857. The first-order valence-corrected chi connectivity index (χ1v) is 7.02. The summed E-state index contributed by atoms with van der Waals surface area (Å²) >= 11 is 0. The molecule has 2 heterocycles. The molecular formula is C16H24N4. The van der Waals surface area contributed by atoms with E-state index in [1.54, 1.807) is 0 Å². The van der Waals surface area contributed by atoms with Crippen LogP contribution in [0.3, 0.4) is 0 Å². The molecule has 108 valence electrons. The van der Waals surface area contributed by atoms with Gasteiger partial charge in [0.25, 0.3) is 0 Å². The van der Waals surface area contributed by atoms with Crippen molar-refractivity contribution >= 4 is 0 Å². The Morgan fingerprint density at radius 3 is 2.45 bits per heavy atom. The van der Waals surface area contributed by atoms with Gasteiger partial charge in [0.1, 0.15) is 0 Å². The molecule has 4 nitrogen and oxygen atoms in total. The summed E-state index contributed by atoms with van der Waals surface area (Å²) in [6.07, 6.45) is 7.78. The molecule has 0 saturated carbocycles. The molecule has 0 aliphatic heterocycles. The fraction of sp³-hybridized carbons (Fsp3) is 0.500. The lowest BCUT2D eigenvalue weighted by Gasteiger charge is -2.24. The molecule has 20 heavy (non-hydrogen) atoms. The molecule has 0 saturated heterocycles. The lowest BCUT2D eigenvalue weighted by Crippen LogP contribution is -2.23. The molecule has 0 spiro atoms. The minimum absolute atomic E-state index is 0.0353. The zero-order valence-corrected chi connectivity index (χ0v) is 13.0. The highest BCUT2D eigenvalue weighted by atomic mass is 15.3. The summed E-state index contributed by atoms with van der Waals surface area (Å²) in [6.45, 7) is 9.58. The van der Waals surface area contributed by atoms with Gasteiger partial charge in [-0.05, 0) is 52.4 Å². The van der Waals surface area contributed by atoms with E-state index in [0.29, 0.717) is 6.04 Å². The van der Waals surface area contributed by atoms with Crippen LogP contribution in [0.2, 0.25) is 0 Å². The molecule has 0 fully saturated rings. The monoisotopic (exact) mass is 272 g/mol. The first-order chi connectivity index (χ1) is 9.38. The molecule has 0 radical (unpaired) electrons. The van der Waals surface area contributed by atoms with Gasteiger partial charge in [-0.2, -0.15) is 5.10 Å². The van der Waals surface area contributed by atoms with Gasteiger partial charge in [0.2, 0.25) is 0 Å². The molecule has 2 aromatic heterocycles. The summed E-state index contributed by atoms with van der Waals surface area (Å²) in [5.74, 6) is 0. The fourth-order valence-corrected chi connectivity index (χ4v) is 2.13. The number of aromatic nitrogens is 3. The van der Waals surface area contributed by atoms with Crippen LogP contribution < -0.4 is 0 Å². The molecule has 0 N–H and O–H groups in total. The number of hydrogen-bond acceptors (Lipinski definition) is 3. The first-order valence-electron chi connectivity index (χ1n) is 7.02. The summed E-state index contributed by atoms with van der Waals surface area (Å²) in [5.41, 5.74) is 2.56. The van der Waals surface area contributed by atoms with E-state index in [2.05, 4.69) is 68.1 Å². The van der Waals surface area contributed by atoms with Crippen molar-refractivity contribution in [2.75, 3.05) is 7.05 Å². The molecule has 2 rings (SSSR count). The van der Waals surface area contributed by atoms with Crippen molar-refractivity contribution in [1.29, 1.82) is 0 Å². The van der Waals surface area contributed by atoms with Crippen LogP contribution >= 0.6 is 0 Å². The molecule has 0 aliphatic rings. The Hall–Kier alpha value is -1.68. The fourth-order valence-electron chi connectivity index (χ4n) is 2.13. The maximum atomic E-state index is 4.45. The van der Waals surface area contributed by atoms with Crippen LogP contribution in [0.4, 0.5) is 0 Å². The predicted molar refractivity (Wildman–Crippen MR) is 81.3 cm³/mol. The van der Waals surface area contributed by atoms with Crippen LogP contribution in [0, 0.1) is 0 Å². The van der Waals surface area contributed by atoms with Gasteiger partial charge >= 0.3 is 0 Å². The van der Waals surface area contributed by atoms with E-state index >= 15 is 0 Å². The third-order valence-corrected chi connectivity index (χ3v) is 3.61. The van der Waals surface area contributed by atoms with Crippen molar-refractivity contribution in [3.05, 3.63) is 48.0 Å². The minimum atomic E-state index is 0.0353. The highest BCUT2D eigenvalue weighted by Gasteiger charge is 2.16. The third kappa shape index (κ3) is 3.45. The molecule has 4 heteroatoms. The van der Waals surface area contributed by atoms with Crippen LogP contribution in [0.5, 0.6) is 0 Å². The Labute approximate surface area is 121 Å². The molecule has 1 atom stereocenters. The van der Waals surface area contributed by atoms with Crippen LogP contribution in [-0.2, 0) is 12.1 Å². The average molecular weight is 272 g/mol. The van der Waals surface area contributed by atoms with Gasteiger partial charge in [-0.3, -0.25) is 14.6 Å². The highest BCUT2D eigenvalue weighted by Crippen LogP contribution is 2.20. The Kier molecular flexibility index (Phi) is 4.23. The number of pyridine rings is 1. The summed E-state index contributed by atoms with van der Waals surface area (Å²) in [5, 5.41) is 4.45. The largest absolute Gasteiger partial charge is 0.295 e. The number of nitrogens with zero attached hydrogens (tertiary/aromatic N) is 4. The molecule has 2 aromatic rings. The summed E-state index contributed by atoms with van der Waals surface area (Å²) < 4.78 is 2.02. The lowest BCUT2D eigenvalue weighted by molar-refractivity contribution is 0.252. The number of hydrogen-bond donors (Lipinski definition) is 0. The first kappa shape index (κ1) is 14.7. The van der Waals surface area contributed by atoms with E-state index in [0.717, 1.165) is 6.54 Å². The third-order valence-electron chi connectivity index (χ3n) is 3.61. The van der Waals surface area contributed by atoms with Gasteiger partial charge in [0.05, 0.1) is 11.7 Å². The van der Waals surface area contributed by atoms with E-state index in [4.69, 9.17) is 0 Å². The normalized spacial score (nSPS) is 13.7. The Balaban J connectivity index is 2.04. The topological polar surface area (TPSA) is 34.0 Å². The summed E-state index contributed by atoms with van der Waals surface area (Å²) in [6, 6.07) is 4.50. The van der Waals surface area contributed by atoms with E-state index < -0.39 is 0 Å². The zero-order chi connectivity index (χ0) is 14.8. The second-order valence-corrected chi connectivity index (χ2v) is 6.34. The van der Waals surface area contributed by atoms with Crippen molar-refractivity contribution in [2.45, 2.75) is 45.8 Å². The van der Waals surface area contributed by atoms with Gasteiger partial charge in [-0.25, -0.2) is 0 Å². The standard InChI is InChI=1S/C16H24N4/c1-13(15-6-8-17-9-7-15)19(5)11-14-10-18-20(12-14)16(2,3)4/h6-10,12-13H,11H2,1-5H3. The van der Waals surface area contributed by atoms with Crippen molar-refractivity contribution in [2.24, 2.45) is 0 Å². The Bertz CT molecular complexity index is 539. The van der Waals surface area contributed by atoms with Crippen molar-refractivity contribution in [1.82, 2.24) is 19.7 Å². The van der Waals surface area contributed by atoms with Gasteiger partial charge in [0.15, 0.2) is 0 Å². The molecule has 0 bridgehead atoms. The van der Waals surface area contributed by atoms with Crippen molar-refractivity contribution in [3.63, 3.8) is 0 Å². The van der Waals surface area contributed by atoms with Crippen LogP contribution in [-0.4, -0.2) is 26.7 Å². The van der Waals surface area contributed by atoms with Crippen LogP contribution in [0.15, 0.2) is 36.9 Å². The van der Waals surface area contributed by atoms with Crippen LogP contribution in [0.25, 0.3) is 0 Å². The lowest BCUT2D eigenvalue weighted by atomic mass is 10.1. The Morgan fingerprint density at radius 2 is 1.90 bits per heavy atom.